The molecule has 0 aliphatic heterocycles. The number of primary amides is 1. The number of aromatic nitrogens is 1. The molecule has 1 rings (SSSR count). The van der Waals surface area contributed by atoms with Crippen molar-refractivity contribution < 1.29 is 4.79 Å². The minimum atomic E-state index is -0.558. The van der Waals surface area contributed by atoms with Crippen molar-refractivity contribution in [2.45, 2.75) is 0 Å². The van der Waals surface area contributed by atoms with E-state index < -0.39 is 5.91 Å². The lowest BCUT2D eigenvalue weighted by Crippen LogP contribution is -2.14. The maximum absolute atomic E-state index is 10.7. The number of pyridine rings is 1. The van der Waals surface area contributed by atoms with Crippen LogP contribution in [0.4, 0.5) is 0 Å². The first-order valence-corrected chi connectivity index (χ1v) is 4.18. The molecule has 1 aromatic heterocycles. The Morgan fingerprint density at radius 2 is 2.36 bits per heavy atom. The minimum absolute atomic E-state index is 0.220. The molecule has 0 radical (unpaired) electrons. The van der Waals surface area contributed by atoms with Gasteiger partial charge in [0.15, 0.2) is 0 Å². The molecular weight excluding hydrogens is 278 g/mol. The van der Waals surface area contributed by atoms with Crippen molar-refractivity contribution in [1.29, 1.82) is 0 Å². The molecule has 1 aromatic rings. The lowest BCUT2D eigenvalue weighted by Gasteiger charge is -1.98. The molecule has 0 saturated heterocycles. The molecule has 0 bridgehead atoms. The number of nitrogens with two attached hydrogens (primary N) is 1. The van der Waals surface area contributed by atoms with Gasteiger partial charge >= 0.3 is 0 Å². The van der Waals surface area contributed by atoms with Gasteiger partial charge < -0.3 is 5.73 Å². The Labute approximate surface area is 82.1 Å². The van der Waals surface area contributed by atoms with Gasteiger partial charge in [-0.3, -0.25) is 4.79 Å². The van der Waals surface area contributed by atoms with E-state index in [4.69, 9.17) is 17.3 Å². The number of rotatable bonds is 1. The molecule has 0 aromatic carbocycles. The molecule has 1 amide bonds. The number of nitrogens with zero attached hydrogens (tertiary/aromatic N) is 1. The largest absolute Gasteiger partial charge is 0.364 e. The standard InChI is InChI=1S/C6H4ClIN2O/c7-3-1-2-10-5(4(3)8)6(9)11/h1-2H,(H2,9,11). The van der Waals surface area contributed by atoms with Gasteiger partial charge in [-0.05, 0) is 28.7 Å². The van der Waals surface area contributed by atoms with E-state index in [0.717, 1.165) is 0 Å². The second-order valence-corrected chi connectivity index (χ2v) is 3.31. The molecule has 58 valence electrons. The highest BCUT2D eigenvalue weighted by Gasteiger charge is 2.09. The third-order valence-electron chi connectivity index (χ3n) is 1.08. The number of halogens is 2. The molecule has 0 fully saturated rings. The van der Waals surface area contributed by atoms with Crippen LogP contribution in [-0.4, -0.2) is 10.9 Å². The normalized spacial score (nSPS) is 9.64. The lowest BCUT2D eigenvalue weighted by molar-refractivity contribution is 0.0994. The minimum Gasteiger partial charge on any atom is -0.364 e. The average molecular weight is 282 g/mol. The van der Waals surface area contributed by atoms with Gasteiger partial charge in [-0.25, -0.2) is 4.98 Å². The zero-order chi connectivity index (χ0) is 8.43. The van der Waals surface area contributed by atoms with Gasteiger partial charge in [0, 0.05) is 6.20 Å². The Balaban J connectivity index is 3.27. The van der Waals surface area contributed by atoms with Crippen LogP contribution in [0.15, 0.2) is 12.3 Å². The van der Waals surface area contributed by atoms with E-state index >= 15 is 0 Å². The summed E-state index contributed by atoms with van der Waals surface area (Å²) in [6.45, 7) is 0. The lowest BCUT2D eigenvalue weighted by atomic mass is 10.3. The summed E-state index contributed by atoms with van der Waals surface area (Å²) >= 11 is 7.63. The second kappa shape index (κ2) is 3.36. The molecule has 0 unspecified atom stereocenters. The van der Waals surface area contributed by atoms with Crippen LogP contribution in [0.1, 0.15) is 10.5 Å². The third-order valence-corrected chi connectivity index (χ3v) is 2.80. The van der Waals surface area contributed by atoms with E-state index in [9.17, 15) is 4.79 Å². The summed E-state index contributed by atoms with van der Waals surface area (Å²) in [6, 6.07) is 1.61. The summed E-state index contributed by atoms with van der Waals surface area (Å²) in [5.41, 5.74) is 5.24. The Kier molecular flexibility index (Phi) is 2.67. The summed E-state index contributed by atoms with van der Waals surface area (Å²) < 4.78 is 0.597. The van der Waals surface area contributed by atoms with Crippen LogP contribution in [0.25, 0.3) is 0 Å². The molecule has 2 N–H and O–H groups in total. The molecule has 1 heterocycles. The molecule has 0 spiro atoms. The maximum atomic E-state index is 10.7. The summed E-state index contributed by atoms with van der Waals surface area (Å²) in [6.07, 6.45) is 1.45. The zero-order valence-electron chi connectivity index (χ0n) is 5.34. The van der Waals surface area contributed by atoms with Crippen molar-refractivity contribution in [3.05, 3.63) is 26.5 Å². The number of amides is 1. The Morgan fingerprint density at radius 3 is 2.82 bits per heavy atom. The molecule has 0 saturated carbocycles. The van der Waals surface area contributed by atoms with Gasteiger partial charge in [0.05, 0.1) is 8.59 Å². The Morgan fingerprint density at radius 1 is 1.73 bits per heavy atom. The van der Waals surface area contributed by atoms with Crippen LogP contribution >= 0.6 is 34.2 Å². The van der Waals surface area contributed by atoms with Crippen LogP contribution in [0.5, 0.6) is 0 Å². The van der Waals surface area contributed by atoms with E-state index in [1.54, 1.807) is 6.07 Å². The molecule has 0 atom stereocenters. The quantitative estimate of drug-likeness (QED) is 0.792. The Bertz CT molecular complexity index is 303. The number of hydrogen-bond donors (Lipinski definition) is 1. The predicted octanol–water partition coefficient (Wildman–Crippen LogP) is 1.44. The van der Waals surface area contributed by atoms with Crippen molar-refractivity contribution in [3.8, 4) is 0 Å². The van der Waals surface area contributed by atoms with E-state index in [1.165, 1.54) is 6.20 Å². The summed E-state index contributed by atoms with van der Waals surface area (Å²) in [5.74, 6) is -0.558. The first kappa shape index (κ1) is 8.73. The van der Waals surface area contributed by atoms with Crippen molar-refractivity contribution >= 4 is 40.1 Å². The predicted molar refractivity (Wildman–Crippen MR) is 50.5 cm³/mol. The highest BCUT2D eigenvalue weighted by Crippen LogP contribution is 2.19. The smallest absolute Gasteiger partial charge is 0.268 e. The van der Waals surface area contributed by atoms with Gasteiger partial charge in [0.1, 0.15) is 5.69 Å². The molecule has 11 heavy (non-hydrogen) atoms. The maximum Gasteiger partial charge on any atom is 0.268 e. The van der Waals surface area contributed by atoms with E-state index in [1.807, 2.05) is 22.6 Å². The van der Waals surface area contributed by atoms with Gasteiger partial charge in [-0.1, -0.05) is 11.6 Å². The zero-order valence-corrected chi connectivity index (χ0v) is 8.26. The monoisotopic (exact) mass is 282 g/mol. The molecule has 5 heteroatoms. The van der Waals surface area contributed by atoms with Crippen LogP contribution in [0.2, 0.25) is 5.02 Å². The van der Waals surface area contributed by atoms with Crippen LogP contribution < -0.4 is 5.73 Å². The summed E-state index contributed by atoms with van der Waals surface area (Å²) in [7, 11) is 0. The van der Waals surface area contributed by atoms with Gasteiger partial charge in [0.25, 0.3) is 5.91 Å². The third kappa shape index (κ3) is 1.81. The van der Waals surface area contributed by atoms with Crippen molar-refractivity contribution in [2.75, 3.05) is 0 Å². The first-order valence-electron chi connectivity index (χ1n) is 2.72. The van der Waals surface area contributed by atoms with E-state index in [-0.39, 0.29) is 5.69 Å². The molecule has 3 nitrogen and oxygen atoms in total. The van der Waals surface area contributed by atoms with Crippen LogP contribution in [-0.2, 0) is 0 Å². The van der Waals surface area contributed by atoms with Gasteiger partial charge in [0.2, 0.25) is 0 Å². The SMILES string of the molecule is NC(=O)c1nccc(Cl)c1I. The van der Waals surface area contributed by atoms with Crippen molar-refractivity contribution in [2.24, 2.45) is 5.73 Å². The second-order valence-electron chi connectivity index (χ2n) is 1.82. The van der Waals surface area contributed by atoms with Crippen molar-refractivity contribution in [1.82, 2.24) is 4.98 Å². The molecule has 0 aliphatic carbocycles. The summed E-state index contributed by atoms with van der Waals surface area (Å²) in [4.78, 5) is 14.4. The van der Waals surface area contributed by atoms with Crippen LogP contribution in [0.3, 0.4) is 0 Å². The van der Waals surface area contributed by atoms with E-state index in [0.29, 0.717) is 8.59 Å². The van der Waals surface area contributed by atoms with Crippen molar-refractivity contribution in [3.63, 3.8) is 0 Å². The summed E-state index contributed by atoms with van der Waals surface area (Å²) in [5, 5.41) is 0.495. The first-order chi connectivity index (χ1) is 5.13. The topological polar surface area (TPSA) is 56.0 Å². The highest BCUT2D eigenvalue weighted by molar-refractivity contribution is 14.1. The average Bonchev–Trinajstić information content (AvgIpc) is 1.94. The van der Waals surface area contributed by atoms with Crippen LogP contribution in [0, 0.1) is 3.57 Å². The molecule has 0 aliphatic rings. The number of carbonyl (C=O) groups excluding carboxylic acids is 1. The van der Waals surface area contributed by atoms with Gasteiger partial charge in [-0.15, -0.1) is 0 Å². The fraction of sp³-hybridized carbons (Fsp3) is 0. The fourth-order valence-electron chi connectivity index (χ4n) is 0.592. The van der Waals surface area contributed by atoms with E-state index in [2.05, 4.69) is 4.98 Å². The number of hydrogen-bond acceptors (Lipinski definition) is 2. The fourth-order valence-corrected chi connectivity index (χ4v) is 1.32. The van der Waals surface area contributed by atoms with Gasteiger partial charge in [-0.2, -0.15) is 0 Å². The Hall–Kier alpha value is -0.360. The number of carbonyl (C=O) groups is 1. The molecular formula is C6H4ClIN2O. The highest BCUT2D eigenvalue weighted by atomic mass is 127.